The van der Waals surface area contributed by atoms with E-state index in [1.165, 1.54) is 30.4 Å². The van der Waals surface area contributed by atoms with E-state index in [0.717, 1.165) is 19.4 Å². The van der Waals surface area contributed by atoms with Crippen molar-refractivity contribution in [1.82, 2.24) is 5.32 Å². The number of hydrogen-bond acceptors (Lipinski definition) is 2. The van der Waals surface area contributed by atoms with Crippen molar-refractivity contribution < 1.29 is 4.74 Å². The molecule has 2 rings (SSSR count). The van der Waals surface area contributed by atoms with Gasteiger partial charge in [-0.2, -0.15) is 0 Å². The number of ether oxygens (including phenoxy) is 1. The third-order valence-electron chi connectivity index (χ3n) is 4.72. The van der Waals surface area contributed by atoms with E-state index >= 15 is 0 Å². The first-order valence-corrected chi connectivity index (χ1v) is 8.46. The minimum atomic E-state index is 0.112. The molecule has 0 saturated heterocycles. The van der Waals surface area contributed by atoms with Crippen molar-refractivity contribution in [3.63, 3.8) is 0 Å². The van der Waals surface area contributed by atoms with E-state index in [0.29, 0.717) is 12.0 Å². The van der Waals surface area contributed by atoms with Crippen molar-refractivity contribution >= 4 is 0 Å². The molecule has 1 unspecified atom stereocenters. The fourth-order valence-corrected chi connectivity index (χ4v) is 3.40. The molecule has 0 bridgehead atoms. The maximum absolute atomic E-state index is 5.83. The molecular weight excluding hydrogens is 258 g/mol. The molecule has 1 aliphatic carbocycles. The second-order valence-corrected chi connectivity index (χ2v) is 6.90. The second-order valence-electron chi connectivity index (χ2n) is 6.90. The smallest absolute Gasteiger partial charge is 0.0697 e. The zero-order valence-electron chi connectivity index (χ0n) is 14.1. The van der Waals surface area contributed by atoms with Gasteiger partial charge in [0.2, 0.25) is 0 Å². The number of nitrogens with one attached hydrogen (secondary N) is 1. The van der Waals surface area contributed by atoms with E-state index in [-0.39, 0.29) is 5.60 Å². The molecule has 21 heavy (non-hydrogen) atoms. The van der Waals surface area contributed by atoms with Crippen LogP contribution in [0.3, 0.4) is 0 Å². The Morgan fingerprint density at radius 2 is 2.05 bits per heavy atom. The Labute approximate surface area is 130 Å². The van der Waals surface area contributed by atoms with Crippen LogP contribution in [0, 0.1) is 5.92 Å². The Bertz CT molecular complexity index is 431. The lowest BCUT2D eigenvalue weighted by molar-refractivity contribution is -0.0837. The molecule has 2 heteroatoms. The van der Waals surface area contributed by atoms with Gasteiger partial charge in [0.15, 0.2) is 0 Å². The molecule has 1 aromatic rings. The van der Waals surface area contributed by atoms with Crippen molar-refractivity contribution in [2.75, 3.05) is 13.7 Å². The van der Waals surface area contributed by atoms with Crippen molar-refractivity contribution in [3.8, 4) is 0 Å². The average Bonchev–Trinajstić information content (AvgIpc) is 2.41. The topological polar surface area (TPSA) is 21.3 Å². The summed E-state index contributed by atoms with van der Waals surface area (Å²) in [6.07, 6.45) is 5.96. The fourth-order valence-electron chi connectivity index (χ4n) is 3.40. The van der Waals surface area contributed by atoms with Crippen LogP contribution in [-0.2, 0) is 11.2 Å². The molecule has 0 amide bonds. The van der Waals surface area contributed by atoms with Crippen LogP contribution in [0.1, 0.15) is 63.6 Å². The highest BCUT2D eigenvalue weighted by molar-refractivity contribution is 5.27. The molecule has 0 radical (unpaired) electrons. The Hall–Kier alpha value is -0.860. The van der Waals surface area contributed by atoms with E-state index in [2.05, 4.69) is 50.4 Å². The van der Waals surface area contributed by atoms with Crippen LogP contribution in [0.5, 0.6) is 0 Å². The van der Waals surface area contributed by atoms with Crippen LogP contribution in [0.25, 0.3) is 0 Å². The number of rotatable bonds is 8. The van der Waals surface area contributed by atoms with Crippen LogP contribution in [0.2, 0.25) is 0 Å². The second kappa shape index (κ2) is 7.42. The molecule has 118 valence electrons. The first-order chi connectivity index (χ1) is 10.1. The summed E-state index contributed by atoms with van der Waals surface area (Å²) in [7, 11) is 1.87. The lowest BCUT2D eigenvalue weighted by Gasteiger charge is -2.43. The van der Waals surface area contributed by atoms with E-state index in [4.69, 9.17) is 4.74 Å². The van der Waals surface area contributed by atoms with Gasteiger partial charge in [-0.15, -0.1) is 0 Å². The van der Waals surface area contributed by atoms with E-state index in [9.17, 15) is 0 Å². The monoisotopic (exact) mass is 289 g/mol. The van der Waals surface area contributed by atoms with Crippen LogP contribution in [0.15, 0.2) is 24.3 Å². The van der Waals surface area contributed by atoms with Gasteiger partial charge in [0.05, 0.1) is 5.60 Å². The fraction of sp³-hybridized carbons (Fsp3) is 0.684. The summed E-state index contributed by atoms with van der Waals surface area (Å²) < 4.78 is 5.83. The van der Waals surface area contributed by atoms with Crippen LogP contribution < -0.4 is 5.32 Å². The number of hydrogen-bond donors (Lipinski definition) is 1. The van der Waals surface area contributed by atoms with Gasteiger partial charge in [0.25, 0.3) is 0 Å². The predicted octanol–water partition coefficient (Wildman–Crippen LogP) is 4.49. The van der Waals surface area contributed by atoms with Gasteiger partial charge in [-0.3, -0.25) is 0 Å². The van der Waals surface area contributed by atoms with Gasteiger partial charge in [-0.05, 0) is 55.7 Å². The highest BCUT2D eigenvalue weighted by Crippen LogP contribution is 2.41. The van der Waals surface area contributed by atoms with Gasteiger partial charge < -0.3 is 10.1 Å². The Morgan fingerprint density at radius 1 is 1.29 bits per heavy atom. The lowest BCUT2D eigenvalue weighted by Crippen LogP contribution is -2.42. The van der Waals surface area contributed by atoms with Gasteiger partial charge in [-0.1, -0.05) is 45.0 Å². The lowest BCUT2D eigenvalue weighted by atomic mass is 9.74. The highest BCUT2D eigenvalue weighted by Gasteiger charge is 2.39. The van der Waals surface area contributed by atoms with Gasteiger partial charge in [-0.25, -0.2) is 0 Å². The van der Waals surface area contributed by atoms with E-state index in [1.54, 1.807) is 0 Å². The Balaban J connectivity index is 2.13. The Morgan fingerprint density at radius 3 is 2.57 bits per heavy atom. The van der Waals surface area contributed by atoms with Crippen molar-refractivity contribution in [2.45, 2.75) is 64.5 Å². The molecule has 1 fully saturated rings. The summed E-state index contributed by atoms with van der Waals surface area (Å²) in [5.74, 6) is 0.704. The third kappa shape index (κ3) is 4.31. The summed E-state index contributed by atoms with van der Waals surface area (Å²) in [6, 6.07) is 9.51. The summed E-state index contributed by atoms with van der Waals surface area (Å²) in [5, 5.41) is 3.66. The molecule has 0 heterocycles. The molecule has 1 N–H and O–H groups in total. The normalized spacial score (nSPS) is 18.5. The molecule has 1 aromatic carbocycles. The van der Waals surface area contributed by atoms with Crippen molar-refractivity contribution in [2.24, 2.45) is 5.92 Å². The largest absolute Gasteiger partial charge is 0.378 e. The first kappa shape index (κ1) is 16.5. The Kier molecular flexibility index (Phi) is 5.83. The quantitative estimate of drug-likeness (QED) is 0.761. The molecule has 1 atom stereocenters. The zero-order chi connectivity index (χ0) is 15.3. The van der Waals surface area contributed by atoms with Crippen LogP contribution in [0.4, 0.5) is 0 Å². The number of methoxy groups -OCH3 is 1. The summed E-state index contributed by atoms with van der Waals surface area (Å²) >= 11 is 0. The van der Waals surface area contributed by atoms with E-state index in [1.807, 2.05) is 7.11 Å². The minimum Gasteiger partial charge on any atom is -0.378 e. The van der Waals surface area contributed by atoms with Crippen LogP contribution >= 0.6 is 0 Å². The first-order valence-electron chi connectivity index (χ1n) is 8.46. The highest BCUT2D eigenvalue weighted by atomic mass is 16.5. The molecule has 0 aliphatic heterocycles. The SMILES string of the molecule is CCNC(CC1(OC)CCC1)c1cccc(CC(C)C)c1. The summed E-state index contributed by atoms with van der Waals surface area (Å²) in [4.78, 5) is 0. The average molecular weight is 289 g/mol. The maximum atomic E-state index is 5.83. The molecule has 0 spiro atoms. The van der Waals surface area contributed by atoms with E-state index < -0.39 is 0 Å². The van der Waals surface area contributed by atoms with Crippen LogP contribution in [-0.4, -0.2) is 19.3 Å². The molecule has 1 saturated carbocycles. The zero-order valence-corrected chi connectivity index (χ0v) is 14.1. The van der Waals surface area contributed by atoms with Gasteiger partial charge in [0, 0.05) is 13.2 Å². The third-order valence-corrected chi connectivity index (χ3v) is 4.72. The summed E-state index contributed by atoms with van der Waals surface area (Å²) in [6.45, 7) is 7.75. The summed E-state index contributed by atoms with van der Waals surface area (Å²) in [5.41, 5.74) is 2.98. The predicted molar refractivity (Wildman–Crippen MR) is 89.6 cm³/mol. The standard InChI is InChI=1S/C19H31NO/c1-5-20-18(14-19(21-4)10-7-11-19)17-9-6-8-16(13-17)12-15(2)3/h6,8-9,13,15,18,20H,5,7,10-12,14H2,1-4H3. The molecule has 0 aromatic heterocycles. The maximum Gasteiger partial charge on any atom is 0.0697 e. The van der Waals surface area contributed by atoms with Crippen molar-refractivity contribution in [1.29, 1.82) is 0 Å². The van der Waals surface area contributed by atoms with Gasteiger partial charge in [0.1, 0.15) is 0 Å². The van der Waals surface area contributed by atoms with Gasteiger partial charge >= 0.3 is 0 Å². The minimum absolute atomic E-state index is 0.112. The van der Waals surface area contributed by atoms with Crippen molar-refractivity contribution in [3.05, 3.63) is 35.4 Å². The number of benzene rings is 1. The molecule has 2 nitrogen and oxygen atoms in total. The molecular formula is C19H31NO. The molecule has 1 aliphatic rings.